The molecule has 1 aromatic carbocycles. The number of halogens is 1. The Kier molecular flexibility index (Phi) is 4.34. The maximum atomic E-state index is 12.4. The number of likely N-dealkylation sites (tertiary alicyclic amines) is 1. The highest BCUT2D eigenvalue weighted by Gasteiger charge is 2.43. The van der Waals surface area contributed by atoms with Crippen molar-refractivity contribution in [2.45, 2.75) is 31.7 Å². The predicted molar refractivity (Wildman–Crippen MR) is 95.9 cm³/mol. The molecule has 1 atom stereocenters. The smallest absolute Gasteiger partial charge is 0.231 e. The first-order chi connectivity index (χ1) is 11.4. The molecule has 122 valence electrons. The molecule has 0 N–H and O–H groups in total. The van der Waals surface area contributed by atoms with Crippen LogP contribution in [0, 0.1) is 11.8 Å². The molecular weight excluding hydrogens is 320 g/mol. The SMILES string of the molecule is CN1C(=O)[C@H](c2ccc(C#Cc3cccc(Cl)c3)cn2)CC1(C)C. The first-order valence-electron chi connectivity index (χ1n) is 7.88. The number of benzene rings is 1. The van der Waals surface area contributed by atoms with Crippen LogP contribution in [-0.4, -0.2) is 28.4 Å². The molecule has 0 unspecified atom stereocenters. The van der Waals surface area contributed by atoms with Gasteiger partial charge < -0.3 is 4.90 Å². The second-order valence-electron chi connectivity index (χ2n) is 6.70. The lowest BCUT2D eigenvalue weighted by atomic mass is 9.93. The maximum absolute atomic E-state index is 12.4. The fourth-order valence-electron chi connectivity index (χ4n) is 2.88. The number of nitrogens with zero attached hydrogens (tertiary/aromatic N) is 2. The monoisotopic (exact) mass is 338 g/mol. The highest BCUT2D eigenvalue weighted by Crippen LogP contribution is 2.37. The molecule has 1 fully saturated rings. The van der Waals surface area contributed by atoms with Gasteiger partial charge in [0.25, 0.3) is 0 Å². The molecule has 2 heterocycles. The molecule has 1 aromatic heterocycles. The number of amides is 1. The summed E-state index contributed by atoms with van der Waals surface area (Å²) in [5, 5.41) is 0.668. The van der Waals surface area contributed by atoms with Gasteiger partial charge >= 0.3 is 0 Å². The Morgan fingerprint density at radius 3 is 2.54 bits per heavy atom. The second kappa shape index (κ2) is 6.30. The van der Waals surface area contributed by atoms with Crippen molar-refractivity contribution in [1.29, 1.82) is 0 Å². The predicted octanol–water partition coefficient (Wildman–Crippen LogP) is 3.86. The van der Waals surface area contributed by atoms with Gasteiger partial charge in [-0.3, -0.25) is 9.78 Å². The van der Waals surface area contributed by atoms with Crippen molar-refractivity contribution in [1.82, 2.24) is 9.88 Å². The second-order valence-corrected chi connectivity index (χ2v) is 7.13. The third-order valence-electron chi connectivity index (χ3n) is 4.56. The highest BCUT2D eigenvalue weighted by atomic mass is 35.5. The van der Waals surface area contributed by atoms with E-state index < -0.39 is 0 Å². The van der Waals surface area contributed by atoms with E-state index in [4.69, 9.17) is 11.6 Å². The Morgan fingerprint density at radius 1 is 1.21 bits per heavy atom. The van der Waals surface area contributed by atoms with Crippen LogP contribution in [-0.2, 0) is 4.79 Å². The van der Waals surface area contributed by atoms with Gasteiger partial charge in [-0.25, -0.2) is 0 Å². The van der Waals surface area contributed by atoms with Crippen molar-refractivity contribution in [2.75, 3.05) is 7.05 Å². The minimum Gasteiger partial charge on any atom is -0.340 e. The number of likely N-dealkylation sites (N-methyl/N-ethyl adjacent to an activating group) is 1. The lowest BCUT2D eigenvalue weighted by Crippen LogP contribution is -2.37. The molecular formula is C20H19ClN2O. The van der Waals surface area contributed by atoms with Gasteiger partial charge in [0.2, 0.25) is 5.91 Å². The van der Waals surface area contributed by atoms with Crippen molar-refractivity contribution in [3.05, 3.63) is 64.4 Å². The number of pyridine rings is 1. The van der Waals surface area contributed by atoms with Crippen LogP contribution >= 0.6 is 11.6 Å². The summed E-state index contributed by atoms with van der Waals surface area (Å²) in [6, 6.07) is 11.2. The van der Waals surface area contributed by atoms with Gasteiger partial charge in [0, 0.05) is 34.9 Å². The van der Waals surface area contributed by atoms with Gasteiger partial charge in [0.1, 0.15) is 0 Å². The Hall–Kier alpha value is -2.31. The van der Waals surface area contributed by atoms with Gasteiger partial charge in [-0.1, -0.05) is 29.5 Å². The minimum absolute atomic E-state index is 0.130. The molecule has 3 nitrogen and oxygen atoms in total. The van der Waals surface area contributed by atoms with Gasteiger partial charge in [-0.2, -0.15) is 0 Å². The molecule has 0 radical (unpaired) electrons. The zero-order valence-corrected chi connectivity index (χ0v) is 14.8. The van der Waals surface area contributed by atoms with Crippen molar-refractivity contribution < 1.29 is 4.79 Å². The minimum atomic E-state index is -0.167. The van der Waals surface area contributed by atoms with Crippen LogP contribution in [0.5, 0.6) is 0 Å². The third kappa shape index (κ3) is 3.29. The summed E-state index contributed by atoms with van der Waals surface area (Å²) < 4.78 is 0. The normalized spacial score (nSPS) is 19.1. The molecule has 0 bridgehead atoms. The lowest BCUT2D eigenvalue weighted by Gasteiger charge is -2.26. The Labute approximate surface area is 147 Å². The zero-order chi connectivity index (χ0) is 17.3. The summed E-state index contributed by atoms with van der Waals surface area (Å²) in [6.07, 6.45) is 2.51. The van der Waals surface area contributed by atoms with E-state index in [9.17, 15) is 4.79 Å². The largest absolute Gasteiger partial charge is 0.340 e. The molecule has 24 heavy (non-hydrogen) atoms. The number of carbonyl (C=O) groups excluding carboxylic acids is 1. The number of rotatable bonds is 1. The van der Waals surface area contributed by atoms with Gasteiger partial charge in [-0.15, -0.1) is 0 Å². The van der Waals surface area contributed by atoms with E-state index in [0.29, 0.717) is 5.02 Å². The van der Waals surface area contributed by atoms with E-state index in [-0.39, 0.29) is 17.4 Å². The van der Waals surface area contributed by atoms with Crippen molar-refractivity contribution >= 4 is 17.5 Å². The zero-order valence-electron chi connectivity index (χ0n) is 14.0. The van der Waals surface area contributed by atoms with E-state index >= 15 is 0 Å². The van der Waals surface area contributed by atoms with Crippen LogP contribution in [0.25, 0.3) is 0 Å². The topological polar surface area (TPSA) is 33.2 Å². The first-order valence-corrected chi connectivity index (χ1v) is 8.26. The number of hydrogen-bond donors (Lipinski definition) is 0. The molecule has 0 aliphatic carbocycles. The van der Waals surface area contributed by atoms with Crippen LogP contribution in [0.4, 0.5) is 0 Å². The van der Waals surface area contributed by atoms with Gasteiger partial charge in [-0.05, 0) is 50.6 Å². The van der Waals surface area contributed by atoms with Crippen LogP contribution in [0.2, 0.25) is 5.02 Å². The van der Waals surface area contributed by atoms with Crippen molar-refractivity contribution in [3.63, 3.8) is 0 Å². The Bertz CT molecular complexity index is 831. The van der Waals surface area contributed by atoms with Crippen molar-refractivity contribution in [2.24, 2.45) is 0 Å². The Morgan fingerprint density at radius 2 is 1.96 bits per heavy atom. The van der Waals surface area contributed by atoms with Crippen molar-refractivity contribution in [3.8, 4) is 11.8 Å². The molecule has 1 saturated heterocycles. The molecule has 3 rings (SSSR count). The van der Waals surface area contributed by atoms with Crippen LogP contribution < -0.4 is 0 Å². The van der Waals surface area contributed by atoms with Crippen LogP contribution in [0.3, 0.4) is 0 Å². The Balaban J connectivity index is 1.79. The molecule has 0 saturated carbocycles. The number of hydrogen-bond acceptors (Lipinski definition) is 2. The highest BCUT2D eigenvalue weighted by molar-refractivity contribution is 6.30. The van der Waals surface area contributed by atoms with E-state index in [1.807, 2.05) is 48.3 Å². The summed E-state index contributed by atoms with van der Waals surface area (Å²) in [5.41, 5.74) is 2.36. The summed E-state index contributed by atoms with van der Waals surface area (Å²) >= 11 is 5.95. The fourth-order valence-corrected chi connectivity index (χ4v) is 3.07. The van der Waals surface area contributed by atoms with E-state index in [1.165, 1.54) is 0 Å². The average Bonchev–Trinajstić information content (AvgIpc) is 2.77. The lowest BCUT2D eigenvalue weighted by molar-refractivity contribution is -0.130. The molecule has 0 spiro atoms. The molecule has 1 amide bonds. The summed E-state index contributed by atoms with van der Waals surface area (Å²) in [4.78, 5) is 18.7. The number of aromatic nitrogens is 1. The first kappa shape index (κ1) is 16.5. The molecule has 4 heteroatoms. The summed E-state index contributed by atoms with van der Waals surface area (Å²) in [5.74, 6) is 6.11. The molecule has 1 aliphatic rings. The van der Waals surface area contributed by atoms with Crippen LogP contribution in [0.1, 0.15) is 43.0 Å². The summed E-state index contributed by atoms with van der Waals surface area (Å²) in [6.45, 7) is 4.16. The quantitative estimate of drug-likeness (QED) is 0.740. The van der Waals surface area contributed by atoms with E-state index in [0.717, 1.165) is 23.2 Å². The van der Waals surface area contributed by atoms with Gasteiger partial charge in [0.15, 0.2) is 0 Å². The number of carbonyl (C=O) groups is 1. The van der Waals surface area contributed by atoms with Crippen LogP contribution in [0.15, 0.2) is 42.6 Å². The average molecular weight is 339 g/mol. The fraction of sp³-hybridized carbons (Fsp3) is 0.300. The van der Waals surface area contributed by atoms with E-state index in [2.05, 4.69) is 30.7 Å². The van der Waals surface area contributed by atoms with E-state index in [1.54, 1.807) is 6.20 Å². The third-order valence-corrected chi connectivity index (χ3v) is 4.79. The van der Waals surface area contributed by atoms with Gasteiger partial charge in [0.05, 0.1) is 11.6 Å². The molecule has 1 aliphatic heterocycles. The summed E-state index contributed by atoms with van der Waals surface area (Å²) in [7, 11) is 1.85. The maximum Gasteiger partial charge on any atom is 0.231 e. The standard InChI is InChI=1S/C20H19ClN2O/c1-20(2)12-17(19(24)23(20)3)18-10-9-15(13-22-18)8-7-14-5-4-6-16(21)11-14/h4-6,9-11,13,17H,12H2,1-3H3/t17-/m0/s1. The molecule has 2 aromatic rings.